The molecule has 0 bridgehead atoms. The van der Waals surface area contributed by atoms with Gasteiger partial charge in [-0.05, 0) is 42.0 Å². The second-order valence-corrected chi connectivity index (χ2v) is 5.09. The van der Waals surface area contributed by atoms with Gasteiger partial charge in [0.2, 0.25) is 0 Å². The second-order valence-electron chi connectivity index (χ2n) is 5.09. The van der Waals surface area contributed by atoms with Crippen LogP contribution in [0.2, 0.25) is 0 Å². The highest BCUT2D eigenvalue weighted by Crippen LogP contribution is 2.31. The summed E-state index contributed by atoms with van der Waals surface area (Å²) < 4.78 is 14.8. The smallest absolute Gasteiger partial charge is 0.163 e. The lowest BCUT2D eigenvalue weighted by atomic mass is 10.0. The predicted octanol–water partition coefficient (Wildman–Crippen LogP) is 3.20. The van der Waals surface area contributed by atoms with Crippen LogP contribution in [0.4, 0.5) is 10.1 Å². The zero-order chi connectivity index (χ0) is 15.8. The summed E-state index contributed by atoms with van der Waals surface area (Å²) in [7, 11) is 0. The van der Waals surface area contributed by atoms with Crippen LogP contribution in [0.15, 0.2) is 61.2 Å². The molecule has 3 heterocycles. The molecule has 2 N–H and O–H groups in total. The van der Waals surface area contributed by atoms with E-state index in [9.17, 15) is 4.39 Å². The molecule has 0 unspecified atom stereocenters. The van der Waals surface area contributed by atoms with Gasteiger partial charge in [0.05, 0.1) is 11.9 Å². The Morgan fingerprint density at radius 2 is 1.74 bits per heavy atom. The van der Waals surface area contributed by atoms with E-state index < -0.39 is 0 Å². The summed E-state index contributed by atoms with van der Waals surface area (Å²) in [6.45, 7) is 0. The number of rotatable bonds is 2. The Bertz CT molecular complexity index is 991. The minimum atomic E-state index is -0.290. The predicted molar refractivity (Wildman–Crippen MR) is 86.5 cm³/mol. The first-order chi connectivity index (χ1) is 11.2. The van der Waals surface area contributed by atoms with Gasteiger partial charge < -0.3 is 5.73 Å². The number of nitrogen functional groups attached to an aromatic ring is 1. The van der Waals surface area contributed by atoms with Crippen LogP contribution in [0.25, 0.3) is 27.8 Å². The minimum Gasteiger partial charge on any atom is -0.398 e. The number of pyridine rings is 2. The Kier molecular flexibility index (Phi) is 3.01. The van der Waals surface area contributed by atoms with Crippen LogP contribution in [-0.4, -0.2) is 19.7 Å². The summed E-state index contributed by atoms with van der Waals surface area (Å²) in [5, 5.41) is 5.24. The molecular weight excluding hydrogens is 293 g/mol. The highest BCUT2D eigenvalue weighted by atomic mass is 19.1. The van der Waals surface area contributed by atoms with Gasteiger partial charge in [0.15, 0.2) is 5.65 Å². The van der Waals surface area contributed by atoms with E-state index in [4.69, 9.17) is 5.73 Å². The summed E-state index contributed by atoms with van der Waals surface area (Å²) in [4.78, 5) is 8.54. The molecule has 0 aliphatic carbocycles. The van der Waals surface area contributed by atoms with Crippen LogP contribution < -0.4 is 5.73 Å². The van der Waals surface area contributed by atoms with Crippen LogP contribution in [0.1, 0.15) is 0 Å². The van der Waals surface area contributed by atoms with Crippen LogP contribution in [0.3, 0.4) is 0 Å². The minimum absolute atomic E-state index is 0.290. The molecule has 4 rings (SSSR count). The average Bonchev–Trinajstić information content (AvgIpc) is 3.00. The molecule has 0 fully saturated rings. The lowest BCUT2D eigenvalue weighted by molar-refractivity contribution is 0.627. The number of aromatic nitrogens is 4. The third kappa shape index (κ3) is 2.20. The molecule has 0 atom stereocenters. The first kappa shape index (κ1) is 13.4. The highest BCUT2D eigenvalue weighted by molar-refractivity contribution is 5.95. The maximum atomic E-state index is 13.1. The summed E-state index contributed by atoms with van der Waals surface area (Å²) in [5.74, 6) is -0.290. The first-order valence-electron chi connectivity index (χ1n) is 7.02. The van der Waals surface area contributed by atoms with Gasteiger partial charge in [-0.15, -0.1) is 0 Å². The van der Waals surface area contributed by atoms with E-state index in [-0.39, 0.29) is 5.82 Å². The van der Waals surface area contributed by atoms with Gasteiger partial charge in [-0.25, -0.2) is 14.1 Å². The van der Waals surface area contributed by atoms with E-state index in [1.165, 1.54) is 12.1 Å². The summed E-state index contributed by atoms with van der Waals surface area (Å²) in [5.41, 5.74) is 9.85. The van der Waals surface area contributed by atoms with Crippen molar-refractivity contribution in [3.63, 3.8) is 0 Å². The maximum Gasteiger partial charge on any atom is 0.163 e. The van der Waals surface area contributed by atoms with E-state index in [2.05, 4.69) is 15.1 Å². The molecule has 0 saturated carbocycles. The Morgan fingerprint density at radius 3 is 2.52 bits per heavy atom. The topological polar surface area (TPSA) is 69.6 Å². The molecule has 4 aromatic rings. The monoisotopic (exact) mass is 305 g/mol. The van der Waals surface area contributed by atoms with Gasteiger partial charge >= 0.3 is 0 Å². The van der Waals surface area contributed by atoms with E-state index in [1.54, 1.807) is 47.7 Å². The molecule has 0 aliphatic heterocycles. The molecule has 1 aromatic carbocycles. The maximum absolute atomic E-state index is 13.1. The number of nitrogens with zero attached hydrogens (tertiary/aromatic N) is 4. The standard InChI is InChI=1S/C17H12FN5/c18-11-1-3-12(4-2-11)23-17-15(10-22-23)13(5-8-21-17)14-9-20-7-6-16(14)19/h1-10H,(H2,19,20). The molecule has 23 heavy (non-hydrogen) atoms. The summed E-state index contributed by atoms with van der Waals surface area (Å²) in [6, 6.07) is 9.75. The fraction of sp³-hybridized carbons (Fsp3) is 0. The zero-order valence-corrected chi connectivity index (χ0v) is 12.0. The van der Waals surface area contributed by atoms with Crippen LogP contribution >= 0.6 is 0 Å². The van der Waals surface area contributed by atoms with E-state index in [1.807, 2.05) is 6.07 Å². The second kappa shape index (κ2) is 5.17. The summed E-state index contributed by atoms with van der Waals surface area (Å²) in [6.07, 6.45) is 6.80. The van der Waals surface area contributed by atoms with Crippen molar-refractivity contribution in [3.8, 4) is 16.8 Å². The third-order valence-corrected chi connectivity index (χ3v) is 3.69. The van der Waals surface area contributed by atoms with Gasteiger partial charge in [-0.2, -0.15) is 5.10 Å². The van der Waals surface area contributed by atoms with Crippen molar-refractivity contribution < 1.29 is 4.39 Å². The van der Waals surface area contributed by atoms with E-state index >= 15 is 0 Å². The van der Waals surface area contributed by atoms with E-state index in [0.29, 0.717) is 11.3 Å². The molecule has 5 nitrogen and oxygen atoms in total. The number of halogens is 1. The highest BCUT2D eigenvalue weighted by Gasteiger charge is 2.13. The number of nitrogens with two attached hydrogens (primary N) is 1. The van der Waals surface area contributed by atoms with E-state index in [0.717, 1.165) is 22.2 Å². The molecule has 6 heteroatoms. The normalized spacial score (nSPS) is 11.0. The number of hydrogen-bond acceptors (Lipinski definition) is 4. The Morgan fingerprint density at radius 1 is 0.913 bits per heavy atom. The van der Waals surface area contributed by atoms with Crippen LogP contribution in [0, 0.1) is 5.82 Å². The molecule has 0 spiro atoms. The van der Waals surface area contributed by atoms with Gasteiger partial charge in [0.25, 0.3) is 0 Å². The Balaban J connectivity index is 1.94. The van der Waals surface area contributed by atoms with Gasteiger partial charge in [0.1, 0.15) is 5.82 Å². The molecule has 0 aliphatic rings. The van der Waals surface area contributed by atoms with Crippen molar-refractivity contribution in [2.75, 3.05) is 5.73 Å². The number of anilines is 1. The fourth-order valence-electron chi connectivity index (χ4n) is 2.56. The molecule has 0 radical (unpaired) electrons. The van der Waals surface area contributed by atoms with Crippen molar-refractivity contribution in [2.24, 2.45) is 0 Å². The lowest BCUT2D eigenvalue weighted by Crippen LogP contribution is -1.98. The van der Waals surface area contributed by atoms with Crippen LogP contribution in [-0.2, 0) is 0 Å². The van der Waals surface area contributed by atoms with Gasteiger partial charge in [0, 0.05) is 35.2 Å². The van der Waals surface area contributed by atoms with Crippen LogP contribution in [0.5, 0.6) is 0 Å². The lowest BCUT2D eigenvalue weighted by Gasteiger charge is -2.07. The quantitative estimate of drug-likeness (QED) is 0.617. The summed E-state index contributed by atoms with van der Waals surface area (Å²) >= 11 is 0. The molecule has 0 amide bonds. The third-order valence-electron chi connectivity index (χ3n) is 3.69. The van der Waals surface area contributed by atoms with Crippen molar-refractivity contribution >= 4 is 16.7 Å². The first-order valence-corrected chi connectivity index (χ1v) is 7.02. The molecule has 3 aromatic heterocycles. The largest absolute Gasteiger partial charge is 0.398 e. The van der Waals surface area contributed by atoms with Crippen molar-refractivity contribution in [1.82, 2.24) is 19.7 Å². The zero-order valence-electron chi connectivity index (χ0n) is 12.0. The average molecular weight is 305 g/mol. The fourth-order valence-corrected chi connectivity index (χ4v) is 2.56. The molecular formula is C17H12FN5. The number of fused-ring (bicyclic) bond motifs is 1. The van der Waals surface area contributed by atoms with Crippen molar-refractivity contribution in [1.29, 1.82) is 0 Å². The SMILES string of the molecule is Nc1ccncc1-c1ccnc2c1cnn2-c1ccc(F)cc1. The van der Waals surface area contributed by atoms with Gasteiger partial charge in [-0.3, -0.25) is 4.98 Å². The van der Waals surface area contributed by atoms with Crippen molar-refractivity contribution in [2.45, 2.75) is 0 Å². The number of hydrogen-bond donors (Lipinski definition) is 1. The molecule has 112 valence electrons. The van der Waals surface area contributed by atoms with Crippen molar-refractivity contribution in [3.05, 3.63) is 67.0 Å². The molecule has 0 saturated heterocycles. The Hall–Kier alpha value is -3.28. The Labute approximate surface area is 131 Å². The number of benzene rings is 1. The van der Waals surface area contributed by atoms with Gasteiger partial charge in [-0.1, -0.05) is 0 Å².